The Labute approximate surface area is 396 Å². The summed E-state index contributed by atoms with van der Waals surface area (Å²) in [5.74, 6) is -0.900. The minimum atomic E-state index is -0.785. The lowest BCUT2D eigenvalue weighted by Crippen LogP contribution is -2.30. The first-order valence-electron chi connectivity index (χ1n) is 28.0. The van der Waals surface area contributed by atoms with Crippen molar-refractivity contribution >= 4 is 17.9 Å². The van der Waals surface area contributed by atoms with Gasteiger partial charge in [-0.25, -0.2) is 0 Å². The van der Waals surface area contributed by atoms with Crippen molar-refractivity contribution in [2.45, 2.75) is 309 Å². The summed E-state index contributed by atoms with van der Waals surface area (Å²) in [7, 11) is 0. The third kappa shape index (κ3) is 42.5. The third-order valence-corrected chi connectivity index (χ3v) is 12.8. The van der Waals surface area contributed by atoms with E-state index in [2.05, 4.69) is 45.1 Å². The van der Waals surface area contributed by atoms with Crippen molar-refractivity contribution in [2.75, 3.05) is 13.2 Å². The van der Waals surface area contributed by atoms with Crippen molar-refractivity contribution in [1.29, 1.82) is 0 Å². The van der Waals surface area contributed by atoms with Gasteiger partial charge in [-0.3, -0.25) is 14.4 Å². The Bertz CT molecular complexity index is 1100. The van der Waals surface area contributed by atoms with Crippen LogP contribution in [0, 0.1) is 0 Å². The molecule has 7 nitrogen and oxygen atoms in total. The van der Waals surface area contributed by atoms with Gasteiger partial charge in [-0.2, -0.15) is 0 Å². The normalized spacial score (nSPS) is 15.3. The molecule has 1 heterocycles. The molecule has 1 aliphatic rings. The Balaban J connectivity index is 2.28. The van der Waals surface area contributed by atoms with Gasteiger partial charge in [0.05, 0.1) is 12.2 Å². The molecule has 1 saturated heterocycles. The summed E-state index contributed by atoms with van der Waals surface area (Å²) >= 11 is 0. The fourth-order valence-corrected chi connectivity index (χ4v) is 8.52. The standard InChI is InChI=1S/C57H104O7/c1-4-7-10-13-16-18-20-22-24-26-28-30-32-37-42-47-55(58)61-50-52(63-57(60)49-44-38-33-31-29-27-25-23-21-19-17-14-11-8-5-2)51-62-56(59)48-43-39-34-36-41-46-54-53(64-54)45-40-35-15-12-9-6-3/h22-25,52-54H,4-21,26-51H2,1-3H3/b24-22+,25-23+. The average Bonchev–Trinajstić information content (AvgIpc) is 4.05. The van der Waals surface area contributed by atoms with E-state index in [-0.39, 0.29) is 31.1 Å². The summed E-state index contributed by atoms with van der Waals surface area (Å²) in [6.07, 6.45) is 57.4. The fourth-order valence-electron chi connectivity index (χ4n) is 8.52. The second kappa shape index (κ2) is 47.3. The Morgan fingerprint density at radius 3 is 1.00 bits per heavy atom. The number of hydrogen-bond donors (Lipinski definition) is 0. The zero-order chi connectivity index (χ0) is 46.2. The molecular weight excluding hydrogens is 797 g/mol. The lowest BCUT2D eigenvalue weighted by atomic mass is 10.0. The predicted octanol–water partition coefficient (Wildman–Crippen LogP) is 17.3. The van der Waals surface area contributed by atoms with Crippen LogP contribution in [-0.4, -0.2) is 49.4 Å². The molecule has 0 saturated carbocycles. The van der Waals surface area contributed by atoms with Crippen molar-refractivity contribution < 1.29 is 33.3 Å². The summed E-state index contributed by atoms with van der Waals surface area (Å²) in [6.45, 7) is 6.62. The number of rotatable bonds is 50. The number of ether oxygens (including phenoxy) is 4. The van der Waals surface area contributed by atoms with Crippen LogP contribution in [0.3, 0.4) is 0 Å². The molecule has 0 aliphatic carbocycles. The largest absolute Gasteiger partial charge is 0.462 e. The minimum Gasteiger partial charge on any atom is -0.462 e. The maximum Gasteiger partial charge on any atom is 0.306 e. The lowest BCUT2D eigenvalue weighted by Gasteiger charge is -2.18. The van der Waals surface area contributed by atoms with E-state index in [9.17, 15) is 14.4 Å². The second-order valence-electron chi connectivity index (χ2n) is 19.2. The topological polar surface area (TPSA) is 91.4 Å². The van der Waals surface area contributed by atoms with Gasteiger partial charge in [0.15, 0.2) is 6.10 Å². The monoisotopic (exact) mass is 901 g/mol. The molecule has 0 spiro atoms. The van der Waals surface area contributed by atoms with Crippen LogP contribution in [0.5, 0.6) is 0 Å². The molecule has 374 valence electrons. The summed E-state index contributed by atoms with van der Waals surface area (Å²) < 4.78 is 22.7. The van der Waals surface area contributed by atoms with Crippen molar-refractivity contribution in [3.05, 3.63) is 24.3 Å². The van der Waals surface area contributed by atoms with Crippen LogP contribution in [0.15, 0.2) is 24.3 Å². The number of allylic oxidation sites excluding steroid dienone is 4. The highest BCUT2D eigenvalue weighted by Gasteiger charge is 2.36. The first-order chi connectivity index (χ1) is 31.5. The molecule has 0 aromatic rings. The summed E-state index contributed by atoms with van der Waals surface area (Å²) in [6, 6.07) is 0. The van der Waals surface area contributed by atoms with Crippen molar-refractivity contribution in [3.8, 4) is 0 Å². The molecule has 7 heteroatoms. The van der Waals surface area contributed by atoms with Crippen LogP contribution in [0.25, 0.3) is 0 Å². The highest BCUT2D eigenvalue weighted by atomic mass is 16.6. The van der Waals surface area contributed by atoms with E-state index in [1.54, 1.807) is 0 Å². The SMILES string of the molecule is CCCCCCCC/C=C/CCCCCCCC(=O)OCC(COC(=O)CCCCCCCC1OC1CCCCCCCC)OC(=O)CCCCCCC/C=C/CCCCCCCC. The van der Waals surface area contributed by atoms with Gasteiger partial charge in [0.25, 0.3) is 0 Å². The number of esters is 3. The molecule has 64 heavy (non-hydrogen) atoms. The van der Waals surface area contributed by atoms with Gasteiger partial charge in [-0.1, -0.05) is 212 Å². The van der Waals surface area contributed by atoms with Crippen molar-refractivity contribution in [1.82, 2.24) is 0 Å². The highest BCUT2D eigenvalue weighted by molar-refractivity contribution is 5.71. The minimum absolute atomic E-state index is 0.0835. The maximum atomic E-state index is 12.8. The van der Waals surface area contributed by atoms with Gasteiger partial charge in [0, 0.05) is 19.3 Å². The number of hydrogen-bond acceptors (Lipinski definition) is 7. The molecule has 0 bridgehead atoms. The summed E-state index contributed by atoms with van der Waals surface area (Å²) in [4.78, 5) is 38.1. The zero-order valence-corrected chi connectivity index (χ0v) is 42.5. The molecule has 0 aromatic carbocycles. The number of epoxide rings is 1. The maximum absolute atomic E-state index is 12.8. The van der Waals surface area contributed by atoms with Crippen LogP contribution in [-0.2, 0) is 33.3 Å². The first kappa shape index (κ1) is 59.9. The van der Waals surface area contributed by atoms with Gasteiger partial charge < -0.3 is 18.9 Å². The van der Waals surface area contributed by atoms with E-state index in [1.165, 1.54) is 161 Å². The predicted molar refractivity (Wildman–Crippen MR) is 270 cm³/mol. The van der Waals surface area contributed by atoms with Crippen LogP contribution < -0.4 is 0 Å². The van der Waals surface area contributed by atoms with Crippen LogP contribution >= 0.6 is 0 Å². The Morgan fingerprint density at radius 1 is 0.375 bits per heavy atom. The van der Waals surface area contributed by atoms with Gasteiger partial charge in [0.2, 0.25) is 0 Å². The van der Waals surface area contributed by atoms with Crippen LogP contribution in [0.1, 0.15) is 290 Å². The molecule has 3 atom stereocenters. The van der Waals surface area contributed by atoms with Crippen molar-refractivity contribution in [3.63, 3.8) is 0 Å². The third-order valence-electron chi connectivity index (χ3n) is 12.8. The average molecular weight is 901 g/mol. The van der Waals surface area contributed by atoms with Gasteiger partial charge >= 0.3 is 17.9 Å². The zero-order valence-electron chi connectivity index (χ0n) is 42.5. The van der Waals surface area contributed by atoms with E-state index in [0.717, 1.165) is 89.9 Å². The first-order valence-corrected chi connectivity index (χ1v) is 28.0. The van der Waals surface area contributed by atoms with E-state index < -0.39 is 6.10 Å². The van der Waals surface area contributed by atoms with E-state index in [0.29, 0.717) is 31.5 Å². The fraction of sp³-hybridized carbons (Fsp3) is 0.877. The van der Waals surface area contributed by atoms with Gasteiger partial charge in [-0.05, 0) is 83.5 Å². The Hall–Kier alpha value is -2.15. The molecule has 0 radical (unpaired) electrons. The molecule has 1 aliphatic heterocycles. The summed E-state index contributed by atoms with van der Waals surface area (Å²) in [5, 5.41) is 0. The highest BCUT2D eigenvalue weighted by Crippen LogP contribution is 2.32. The van der Waals surface area contributed by atoms with Crippen LogP contribution in [0.4, 0.5) is 0 Å². The van der Waals surface area contributed by atoms with E-state index in [4.69, 9.17) is 18.9 Å². The molecule has 0 amide bonds. The van der Waals surface area contributed by atoms with Crippen LogP contribution in [0.2, 0.25) is 0 Å². The smallest absolute Gasteiger partial charge is 0.306 e. The molecular formula is C57H104O7. The van der Waals surface area contributed by atoms with Gasteiger partial charge in [0.1, 0.15) is 13.2 Å². The number of unbranched alkanes of at least 4 members (excludes halogenated alkanes) is 31. The Morgan fingerprint density at radius 2 is 0.656 bits per heavy atom. The molecule has 1 fully saturated rings. The van der Waals surface area contributed by atoms with E-state index in [1.807, 2.05) is 0 Å². The lowest BCUT2D eigenvalue weighted by molar-refractivity contribution is -0.167. The molecule has 1 rings (SSSR count). The Kier molecular flexibility index (Phi) is 44.3. The van der Waals surface area contributed by atoms with E-state index >= 15 is 0 Å². The molecule has 0 N–H and O–H groups in total. The quantitative estimate of drug-likeness (QED) is 0.0197. The summed E-state index contributed by atoms with van der Waals surface area (Å²) in [5.41, 5.74) is 0. The number of carbonyl (C=O) groups excluding carboxylic acids is 3. The number of carbonyl (C=O) groups is 3. The molecule has 0 aromatic heterocycles. The molecule has 3 unspecified atom stereocenters. The van der Waals surface area contributed by atoms with Gasteiger partial charge in [-0.15, -0.1) is 0 Å². The van der Waals surface area contributed by atoms with Crippen molar-refractivity contribution in [2.24, 2.45) is 0 Å². The second-order valence-corrected chi connectivity index (χ2v) is 19.2.